The molecule has 3 nitrogen and oxygen atoms in total. The van der Waals surface area contributed by atoms with Crippen LogP contribution in [0, 0.1) is 0 Å². The van der Waals surface area contributed by atoms with Crippen molar-refractivity contribution in [3.8, 4) is 44.5 Å². The highest BCUT2D eigenvalue weighted by Gasteiger charge is 2.51. The van der Waals surface area contributed by atoms with Crippen molar-refractivity contribution in [3.05, 3.63) is 217 Å². The minimum Gasteiger partial charge on any atom is -0.341 e. The van der Waals surface area contributed by atoms with E-state index >= 15 is 0 Å². The molecule has 0 unspecified atom stereocenters. The van der Waals surface area contributed by atoms with Gasteiger partial charge in [0.2, 0.25) is 0 Å². The second kappa shape index (κ2) is 12.5. The molecule has 1 aliphatic heterocycles. The summed E-state index contributed by atoms with van der Waals surface area (Å²) in [5, 5.41) is 5.02. The van der Waals surface area contributed by atoms with Gasteiger partial charge < -0.3 is 14.0 Å². The number of benzene rings is 9. The average Bonchev–Trinajstić information content (AvgIpc) is 3.95. The van der Waals surface area contributed by atoms with E-state index in [9.17, 15) is 0 Å². The van der Waals surface area contributed by atoms with Gasteiger partial charge in [0, 0.05) is 50.6 Å². The Hall–Kier alpha value is -7.62. The molecule has 298 valence electrons. The van der Waals surface area contributed by atoms with Crippen LogP contribution >= 0.6 is 0 Å². The van der Waals surface area contributed by atoms with Crippen LogP contribution in [0.1, 0.15) is 37.0 Å². The molecule has 3 aliphatic rings. The number of hydrogen-bond acceptors (Lipinski definition) is 1. The third-order valence-electron chi connectivity index (χ3n) is 14.9. The van der Waals surface area contributed by atoms with Crippen molar-refractivity contribution in [1.29, 1.82) is 0 Å². The summed E-state index contributed by atoms with van der Waals surface area (Å²) >= 11 is 0. The molecule has 3 heteroatoms. The van der Waals surface area contributed by atoms with Crippen molar-refractivity contribution in [3.63, 3.8) is 0 Å². The first kappa shape index (κ1) is 35.0. The lowest BCUT2D eigenvalue weighted by molar-refractivity contribution is 0.416. The van der Waals surface area contributed by atoms with Gasteiger partial charge in [-0.2, -0.15) is 0 Å². The summed E-state index contributed by atoms with van der Waals surface area (Å²) in [6.45, 7) is 5.83. The molecule has 0 fully saturated rings. The monoisotopic (exact) mass is 805 g/mol. The van der Waals surface area contributed by atoms with Crippen LogP contribution in [0.15, 0.2) is 200 Å². The SMILES string of the molecule is CC1(C)CCN(c2ccccc2)c2cc3c(cc21)-c1ccccc1-c1cccc2c1-c1c-3cccc1C2(n1c2ccccc2c2ccccc21)n1c2ccccc2c2ccccc21. The minimum atomic E-state index is -0.839. The van der Waals surface area contributed by atoms with E-state index in [1.807, 2.05) is 0 Å². The first-order valence-electron chi connectivity index (χ1n) is 22.4. The standard InChI is InChI=1S/C60H43N3/c1-59(2)34-35-61(38-18-4-3-5-19-38)56-37-48-46-27-17-29-50-58(46)57-45(39-20-6-7-21-40(39)47(48)36-51(56)59)26-16-28-49(57)60(50,62-52-30-12-8-22-41(52)42-23-9-13-31-53(42)62)63-54-32-14-10-24-43(54)44-25-11-15-33-55(44)63/h3-33,36-37H,34-35H2,1-2H3. The van der Waals surface area contributed by atoms with Crippen LogP contribution in [0.25, 0.3) is 88.1 Å². The fourth-order valence-corrected chi connectivity index (χ4v) is 12.2. The molecule has 9 aromatic carbocycles. The number of aromatic nitrogens is 2. The van der Waals surface area contributed by atoms with Gasteiger partial charge in [-0.25, -0.2) is 0 Å². The summed E-state index contributed by atoms with van der Waals surface area (Å²) < 4.78 is 5.40. The van der Waals surface area contributed by atoms with Crippen LogP contribution in [-0.2, 0) is 11.1 Å². The number of anilines is 2. The van der Waals surface area contributed by atoms with E-state index in [0.29, 0.717) is 0 Å². The zero-order valence-corrected chi connectivity index (χ0v) is 35.3. The summed E-state index contributed by atoms with van der Waals surface area (Å²) in [6.07, 6.45) is 1.07. The summed E-state index contributed by atoms with van der Waals surface area (Å²) in [6, 6.07) is 75.8. The number of para-hydroxylation sites is 5. The van der Waals surface area contributed by atoms with Crippen LogP contribution in [0.5, 0.6) is 0 Å². The van der Waals surface area contributed by atoms with Gasteiger partial charge >= 0.3 is 0 Å². The number of rotatable bonds is 3. The van der Waals surface area contributed by atoms with E-state index in [4.69, 9.17) is 0 Å². The molecule has 0 bridgehead atoms. The van der Waals surface area contributed by atoms with Crippen LogP contribution in [0.2, 0.25) is 0 Å². The summed E-state index contributed by atoms with van der Waals surface area (Å²) in [4.78, 5) is 2.56. The topological polar surface area (TPSA) is 13.1 Å². The Morgan fingerprint density at radius 3 is 1.30 bits per heavy atom. The van der Waals surface area contributed by atoms with E-state index in [1.165, 1.54) is 116 Å². The summed E-state index contributed by atoms with van der Waals surface area (Å²) in [5.74, 6) is 0. The van der Waals surface area contributed by atoms with Crippen molar-refractivity contribution < 1.29 is 0 Å². The second-order valence-corrected chi connectivity index (χ2v) is 18.4. The van der Waals surface area contributed by atoms with Gasteiger partial charge in [0.25, 0.3) is 0 Å². The molecular weight excluding hydrogens is 763 g/mol. The van der Waals surface area contributed by atoms with Gasteiger partial charge in [-0.3, -0.25) is 0 Å². The zero-order chi connectivity index (χ0) is 41.6. The van der Waals surface area contributed by atoms with Crippen molar-refractivity contribution in [1.82, 2.24) is 9.13 Å². The van der Waals surface area contributed by atoms with E-state index in [-0.39, 0.29) is 5.41 Å². The van der Waals surface area contributed by atoms with Crippen molar-refractivity contribution in [2.45, 2.75) is 31.3 Å². The maximum atomic E-state index is 2.70. The van der Waals surface area contributed by atoms with Gasteiger partial charge in [-0.15, -0.1) is 0 Å². The van der Waals surface area contributed by atoms with Crippen molar-refractivity contribution >= 4 is 55.0 Å². The third-order valence-corrected chi connectivity index (χ3v) is 14.9. The molecule has 0 amide bonds. The third kappa shape index (κ3) is 4.44. The predicted molar refractivity (Wildman–Crippen MR) is 263 cm³/mol. The Kier molecular flexibility index (Phi) is 6.94. The van der Waals surface area contributed by atoms with Gasteiger partial charge in [0.05, 0.1) is 22.1 Å². The lowest BCUT2D eigenvalue weighted by Crippen LogP contribution is -2.41. The highest BCUT2D eigenvalue weighted by Crippen LogP contribution is 2.62. The number of fused-ring (bicyclic) bond motifs is 12. The smallest absolute Gasteiger partial charge is 0.176 e. The fraction of sp³-hybridized carbons (Fsp3) is 0.100. The molecule has 0 saturated heterocycles. The maximum Gasteiger partial charge on any atom is 0.176 e. The Bertz CT molecular complexity index is 3510. The quantitative estimate of drug-likeness (QED) is 0.173. The molecule has 63 heavy (non-hydrogen) atoms. The Balaban J connectivity index is 1.22. The van der Waals surface area contributed by atoms with E-state index in [1.54, 1.807) is 0 Å². The summed E-state index contributed by atoms with van der Waals surface area (Å²) in [5.41, 5.74) is 20.8. The average molecular weight is 806 g/mol. The predicted octanol–water partition coefficient (Wildman–Crippen LogP) is 15.3. The Morgan fingerprint density at radius 2 is 0.778 bits per heavy atom. The molecule has 2 aromatic heterocycles. The van der Waals surface area contributed by atoms with Crippen LogP contribution in [0.3, 0.4) is 0 Å². The van der Waals surface area contributed by atoms with E-state index in [2.05, 4.69) is 228 Å². The Morgan fingerprint density at radius 1 is 0.365 bits per heavy atom. The highest BCUT2D eigenvalue weighted by molar-refractivity contribution is 6.14. The zero-order valence-electron chi connectivity index (χ0n) is 35.3. The normalized spacial score (nSPS) is 15.2. The minimum absolute atomic E-state index is 0.00110. The molecule has 0 N–H and O–H groups in total. The van der Waals surface area contributed by atoms with E-state index in [0.717, 1.165) is 13.0 Å². The highest BCUT2D eigenvalue weighted by atomic mass is 15.3. The molecule has 0 radical (unpaired) electrons. The Labute approximate surface area is 366 Å². The van der Waals surface area contributed by atoms with Crippen LogP contribution in [-0.4, -0.2) is 15.7 Å². The fourth-order valence-electron chi connectivity index (χ4n) is 12.2. The molecule has 2 aliphatic carbocycles. The lowest BCUT2D eigenvalue weighted by atomic mass is 9.73. The lowest BCUT2D eigenvalue weighted by Gasteiger charge is -2.41. The second-order valence-electron chi connectivity index (χ2n) is 18.4. The number of hydrogen-bond donors (Lipinski definition) is 0. The largest absolute Gasteiger partial charge is 0.341 e. The first-order valence-corrected chi connectivity index (χ1v) is 22.4. The van der Waals surface area contributed by atoms with Gasteiger partial charge in [-0.1, -0.05) is 166 Å². The van der Waals surface area contributed by atoms with Crippen LogP contribution in [0.4, 0.5) is 11.4 Å². The molecule has 0 atom stereocenters. The molecule has 0 saturated carbocycles. The molecule has 14 rings (SSSR count). The number of nitrogens with zero attached hydrogens (tertiary/aromatic N) is 3. The molecule has 3 heterocycles. The van der Waals surface area contributed by atoms with Gasteiger partial charge in [0.1, 0.15) is 0 Å². The summed E-state index contributed by atoms with van der Waals surface area (Å²) in [7, 11) is 0. The van der Waals surface area contributed by atoms with Crippen molar-refractivity contribution in [2.75, 3.05) is 11.4 Å². The molecule has 11 aromatic rings. The van der Waals surface area contributed by atoms with E-state index < -0.39 is 5.66 Å². The van der Waals surface area contributed by atoms with Crippen LogP contribution < -0.4 is 4.90 Å². The van der Waals surface area contributed by atoms with Gasteiger partial charge in [-0.05, 0) is 110 Å². The maximum absolute atomic E-state index is 2.70. The van der Waals surface area contributed by atoms with Gasteiger partial charge in [0.15, 0.2) is 5.66 Å². The first-order chi connectivity index (χ1) is 31.0. The molecule has 0 spiro atoms. The molecular formula is C60H43N3. The van der Waals surface area contributed by atoms with Crippen molar-refractivity contribution in [2.24, 2.45) is 0 Å².